The molecule has 0 spiro atoms. The average molecular weight is 793 g/mol. The third-order valence-corrected chi connectivity index (χ3v) is 13.9. The van der Waals surface area contributed by atoms with E-state index in [-0.39, 0.29) is 65.1 Å². The van der Waals surface area contributed by atoms with Crippen molar-refractivity contribution in [2.45, 2.75) is 163 Å². The molecule has 0 unspecified atom stereocenters. The highest BCUT2D eigenvalue weighted by Gasteiger charge is 2.64. The highest BCUT2D eigenvalue weighted by molar-refractivity contribution is 5.77. The molecule has 0 bridgehead atoms. The molecular formula is C41H60O15. The molecule has 56 heavy (non-hydrogen) atoms. The van der Waals surface area contributed by atoms with E-state index < -0.39 is 60.6 Å². The zero-order valence-electron chi connectivity index (χ0n) is 34.2. The first-order valence-electron chi connectivity index (χ1n) is 20.1. The molecule has 0 N–H and O–H groups in total. The van der Waals surface area contributed by atoms with Gasteiger partial charge in [0.15, 0.2) is 18.3 Å². The van der Waals surface area contributed by atoms with Crippen LogP contribution in [-0.2, 0) is 71.5 Å². The molecule has 1 aliphatic heterocycles. The zero-order valence-corrected chi connectivity index (χ0v) is 34.2. The van der Waals surface area contributed by atoms with E-state index in [4.69, 9.17) is 37.9 Å². The molecule has 4 aliphatic carbocycles. The summed E-state index contributed by atoms with van der Waals surface area (Å²) in [6.07, 6.45) is -0.636. The lowest BCUT2D eigenvalue weighted by molar-refractivity contribution is -0.294. The van der Waals surface area contributed by atoms with Crippen LogP contribution < -0.4 is 0 Å². The minimum absolute atomic E-state index is 0.0229. The number of hydrogen-bond donors (Lipinski definition) is 0. The van der Waals surface area contributed by atoms with Crippen LogP contribution in [0.15, 0.2) is 0 Å². The summed E-state index contributed by atoms with van der Waals surface area (Å²) >= 11 is 0. The lowest BCUT2D eigenvalue weighted by atomic mass is 9.43. The Hall–Kier alpha value is -3.75. The number of carbonyl (C=O) groups is 7. The second-order valence-corrected chi connectivity index (χ2v) is 17.3. The standard InChI is InChI=1S/C41H60O15/c1-20(10-13-32(47)55-39-37(54-25(6)46)35(53-24(5)45)34(52-23(4)44)36(56-39)38(48)49-9)28-11-12-29-33-30(15-17-41(28,29)8)40(7)16-14-27(50-21(2)42)18-26(40)19-31(33)51-22(3)43/h20,26-31,33-37,39H,10-19H2,1-9H3/t20-,26+,27-,28-,29+,30+,31-,33+,34+,35+,36+,37-,39+,40+,41-/m1/s1. The molecule has 314 valence electrons. The van der Waals surface area contributed by atoms with Crippen molar-refractivity contribution in [2.24, 2.45) is 46.3 Å². The van der Waals surface area contributed by atoms with Gasteiger partial charge in [-0.1, -0.05) is 20.8 Å². The quantitative estimate of drug-likeness (QED) is 0.205. The number of hydrogen-bond acceptors (Lipinski definition) is 15. The summed E-state index contributed by atoms with van der Waals surface area (Å²) < 4.78 is 44.2. The van der Waals surface area contributed by atoms with E-state index in [0.29, 0.717) is 18.3 Å². The van der Waals surface area contributed by atoms with Gasteiger partial charge in [0, 0.05) is 47.0 Å². The Morgan fingerprint density at radius 2 is 1.23 bits per heavy atom. The minimum atomic E-state index is -1.69. The summed E-state index contributed by atoms with van der Waals surface area (Å²) in [4.78, 5) is 86.9. The first-order chi connectivity index (χ1) is 26.3. The van der Waals surface area contributed by atoms with Gasteiger partial charge in [-0.05, 0) is 98.2 Å². The van der Waals surface area contributed by atoms with Crippen LogP contribution in [0.25, 0.3) is 0 Å². The van der Waals surface area contributed by atoms with Gasteiger partial charge in [-0.25, -0.2) is 4.79 Å². The van der Waals surface area contributed by atoms with E-state index in [0.717, 1.165) is 79.2 Å². The van der Waals surface area contributed by atoms with Gasteiger partial charge < -0.3 is 37.9 Å². The van der Waals surface area contributed by atoms with Crippen molar-refractivity contribution >= 4 is 41.8 Å². The molecule has 1 saturated heterocycles. The van der Waals surface area contributed by atoms with Crippen molar-refractivity contribution in [2.75, 3.05) is 7.11 Å². The second-order valence-electron chi connectivity index (χ2n) is 17.3. The Balaban J connectivity index is 1.29. The highest BCUT2D eigenvalue weighted by atomic mass is 16.7. The van der Waals surface area contributed by atoms with Gasteiger partial charge in [-0.2, -0.15) is 0 Å². The van der Waals surface area contributed by atoms with Gasteiger partial charge in [0.05, 0.1) is 7.11 Å². The second kappa shape index (κ2) is 17.4. The number of carbonyl (C=O) groups excluding carboxylic acids is 7. The Bertz CT molecular complexity index is 1530. The van der Waals surface area contributed by atoms with Crippen molar-refractivity contribution in [1.29, 1.82) is 0 Å². The minimum Gasteiger partial charge on any atom is -0.467 e. The van der Waals surface area contributed by atoms with Crippen molar-refractivity contribution in [1.82, 2.24) is 0 Å². The normalized spacial score (nSPS) is 39.2. The van der Waals surface area contributed by atoms with Crippen molar-refractivity contribution in [3.8, 4) is 0 Å². The molecule has 0 aromatic carbocycles. The predicted octanol–water partition coefficient (Wildman–Crippen LogP) is 4.77. The van der Waals surface area contributed by atoms with E-state index in [1.54, 1.807) is 0 Å². The van der Waals surface area contributed by atoms with Crippen LogP contribution in [0.5, 0.6) is 0 Å². The monoisotopic (exact) mass is 792 g/mol. The summed E-state index contributed by atoms with van der Waals surface area (Å²) in [5, 5.41) is 0. The van der Waals surface area contributed by atoms with E-state index in [9.17, 15) is 33.6 Å². The number of methoxy groups -OCH3 is 1. The van der Waals surface area contributed by atoms with Crippen LogP contribution in [0.4, 0.5) is 0 Å². The van der Waals surface area contributed by atoms with Gasteiger partial charge in [-0.15, -0.1) is 0 Å². The molecule has 15 nitrogen and oxygen atoms in total. The molecule has 5 aliphatic rings. The molecule has 15 atom stereocenters. The van der Waals surface area contributed by atoms with Crippen LogP contribution in [0.3, 0.4) is 0 Å². The Kier molecular flexibility index (Phi) is 13.5. The maximum atomic E-state index is 13.5. The number of esters is 7. The SMILES string of the molecule is COC(=O)[C@H]1O[C@H](OC(=O)CC[C@@H](C)[C@H]2CC[C@H]3[C@@H]4[C@H](OC(C)=O)C[C@@H]5C[C@H](OC(C)=O)CC[C@]5(C)[C@H]4CC[C@]23C)[C@H](OC(C)=O)[C@@H](OC(C)=O)[C@@H]1OC(C)=O. The van der Waals surface area contributed by atoms with E-state index >= 15 is 0 Å². The zero-order chi connectivity index (χ0) is 41.3. The van der Waals surface area contributed by atoms with Crippen molar-refractivity contribution in [3.05, 3.63) is 0 Å². The van der Waals surface area contributed by atoms with Crippen LogP contribution in [0.1, 0.15) is 120 Å². The molecule has 5 rings (SSSR count). The van der Waals surface area contributed by atoms with Gasteiger partial charge >= 0.3 is 41.8 Å². The largest absolute Gasteiger partial charge is 0.467 e. The highest BCUT2D eigenvalue weighted by Crippen LogP contribution is 2.69. The fourth-order valence-corrected chi connectivity index (χ4v) is 11.7. The predicted molar refractivity (Wildman–Crippen MR) is 194 cm³/mol. The molecule has 0 aromatic rings. The first-order valence-corrected chi connectivity index (χ1v) is 20.1. The van der Waals surface area contributed by atoms with Crippen LogP contribution in [0.2, 0.25) is 0 Å². The summed E-state index contributed by atoms with van der Waals surface area (Å²) in [5.74, 6) is -3.14. The van der Waals surface area contributed by atoms with Gasteiger partial charge in [0.25, 0.3) is 0 Å². The molecule has 4 saturated carbocycles. The van der Waals surface area contributed by atoms with E-state index in [1.165, 1.54) is 13.8 Å². The number of ether oxygens (including phenoxy) is 8. The van der Waals surface area contributed by atoms with Crippen LogP contribution >= 0.6 is 0 Å². The number of fused-ring (bicyclic) bond motifs is 5. The summed E-state index contributed by atoms with van der Waals surface area (Å²) in [6.45, 7) is 13.1. The molecule has 0 aromatic heterocycles. The summed E-state index contributed by atoms with van der Waals surface area (Å²) in [5.41, 5.74) is 0.00208. The third kappa shape index (κ3) is 9.02. The smallest absolute Gasteiger partial charge is 0.339 e. The van der Waals surface area contributed by atoms with Gasteiger partial charge in [-0.3, -0.25) is 28.8 Å². The third-order valence-electron chi connectivity index (χ3n) is 13.9. The van der Waals surface area contributed by atoms with Crippen LogP contribution in [-0.4, -0.2) is 91.8 Å². The first kappa shape index (κ1) is 43.4. The topological polar surface area (TPSA) is 193 Å². The lowest BCUT2D eigenvalue weighted by Crippen LogP contribution is -2.64. The van der Waals surface area contributed by atoms with Gasteiger partial charge in [0.2, 0.25) is 12.4 Å². The van der Waals surface area contributed by atoms with E-state index in [1.807, 2.05) is 0 Å². The Labute approximate surface area is 328 Å². The Morgan fingerprint density at radius 3 is 1.84 bits per heavy atom. The maximum absolute atomic E-state index is 13.5. The molecule has 0 radical (unpaired) electrons. The summed E-state index contributed by atoms with van der Waals surface area (Å²) in [6, 6.07) is 0. The lowest BCUT2D eigenvalue weighted by Gasteiger charge is -2.62. The van der Waals surface area contributed by atoms with Crippen molar-refractivity contribution < 1.29 is 71.5 Å². The molecule has 0 amide bonds. The Morgan fingerprint density at radius 1 is 0.661 bits per heavy atom. The molecular weight excluding hydrogens is 732 g/mol. The maximum Gasteiger partial charge on any atom is 0.339 e. The van der Waals surface area contributed by atoms with Gasteiger partial charge in [0.1, 0.15) is 12.2 Å². The molecule has 1 heterocycles. The fourth-order valence-electron chi connectivity index (χ4n) is 11.7. The number of rotatable bonds is 11. The fraction of sp³-hybridized carbons (Fsp3) is 0.829. The van der Waals surface area contributed by atoms with Crippen molar-refractivity contribution in [3.63, 3.8) is 0 Å². The molecule has 15 heteroatoms. The average Bonchev–Trinajstić information content (AvgIpc) is 3.46. The molecule has 5 fully saturated rings. The summed E-state index contributed by atoms with van der Waals surface area (Å²) in [7, 11) is 1.08. The van der Waals surface area contributed by atoms with Crippen LogP contribution in [0, 0.1) is 46.3 Å². The van der Waals surface area contributed by atoms with E-state index in [2.05, 4.69) is 20.8 Å².